The molecule has 0 amide bonds. The Bertz CT molecular complexity index is 92.4. The van der Waals surface area contributed by atoms with Crippen LogP contribution in [0, 0.1) is 0 Å². The number of hydrogen-bond donors (Lipinski definition) is 0. The first-order valence-electron chi connectivity index (χ1n) is 2.62. The van der Waals surface area contributed by atoms with Crippen LogP contribution in [-0.4, -0.2) is 11.3 Å². The Morgan fingerprint density at radius 1 is 1.50 bits per heavy atom. The predicted octanol–water partition coefficient (Wildman–Crippen LogP) is 2.41. The third kappa shape index (κ3) is 1.31. The quantitative estimate of drug-likeness (QED) is 0.454. The molecule has 0 heterocycles. The van der Waals surface area contributed by atoms with E-state index in [2.05, 4.69) is 0 Å². The second-order valence-electron chi connectivity index (χ2n) is 2.20. The summed E-state index contributed by atoms with van der Waals surface area (Å²) < 4.78 is 24.2. The number of halogens is 3. The molecule has 1 rings (SSSR count). The molecule has 1 fully saturated rings. The number of rotatable bonds is 0. The molecule has 3 heteroatoms. The van der Waals surface area contributed by atoms with Crippen LogP contribution >= 0.6 is 11.6 Å². The van der Waals surface area contributed by atoms with E-state index in [9.17, 15) is 8.78 Å². The maximum Gasteiger partial charge on any atom is 0.249 e. The highest BCUT2D eigenvalue weighted by Crippen LogP contribution is 2.37. The summed E-state index contributed by atoms with van der Waals surface area (Å²) in [7, 11) is 0. The summed E-state index contributed by atoms with van der Waals surface area (Å²) in [5, 5.41) is -0.287. The monoisotopic (exact) mass is 140 g/mol. The summed E-state index contributed by atoms with van der Waals surface area (Å²) in [6, 6.07) is 0. The molecule has 1 aliphatic carbocycles. The highest BCUT2D eigenvalue weighted by Gasteiger charge is 2.38. The molecule has 8 heavy (non-hydrogen) atoms. The molecule has 0 aliphatic heterocycles. The summed E-state index contributed by atoms with van der Waals surface area (Å²) in [4.78, 5) is 0. The fourth-order valence-electron chi connectivity index (χ4n) is 0.896. The van der Waals surface area contributed by atoms with Gasteiger partial charge in [-0.25, -0.2) is 8.78 Å². The maximum atomic E-state index is 12.1. The minimum Gasteiger partial charge on any atom is -0.207 e. The average Bonchev–Trinajstić information content (AvgIpc) is 1.82. The molecule has 0 spiro atoms. The first-order valence-corrected chi connectivity index (χ1v) is 3.06. The third-order valence-corrected chi connectivity index (χ3v) is 1.72. The van der Waals surface area contributed by atoms with Crippen LogP contribution in [0.1, 0.15) is 19.3 Å². The van der Waals surface area contributed by atoms with Crippen molar-refractivity contribution in [3.05, 3.63) is 0 Å². The Balaban J connectivity index is 2.44. The van der Waals surface area contributed by atoms with Gasteiger partial charge in [0.25, 0.3) is 0 Å². The van der Waals surface area contributed by atoms with Crippen molar-refractivity contribution in [1.29, 1.82) is 0 Å². The van der Waals surface area contributed by atoms with Crippen LogP contribution in [0.2, 0.25) is 0 Å². The van der Waals surface area contributed by atoms with Crippen LogP contribution in [0.15, 0.2) is 0 Å². The first-order chi connectivity index (χ1) is 3.60. The summed E-state index contributed by atoms with van der Waals surface area (Å²) in [5.41, 5.74) is 0. The van der Waals surface area contributed by atoms with Crippen molar-refractivity contribution in [3.8, 4) is 0 Å². The molecule has 1 saturated carbocycles. The standard InChI is InChI=1S/C5H7ClF2/c6-4-1-2-5(7,8)3-4/h4H,1-3H2. The van der Waals surface area contributed by atoms with Gasteiger partial charge in [0.1, 0.15) is 0 Å². The van der Waals surface area contributed by atoms with E-state index in [-0.39, 0.29) is 18.2 Å². The largest absolute Gasteiger partial charge is 0.249 e. The zero-order valence-corrected chi connectivity index (χ0v) is 5.09. The minimum absolute atomic E-state index is 0.0266. The molecule has 0 nitrogen and oxygen atoms in total. The van der Waals surface area contributed by atoms with Crippen LogP contribution < -0.4 is 0 Å². The molecular formula is C5H7ClF2. The van der Waals surface area contributed by atoms with Gasteiger partial charge in [-0.15, -0.1) is 11.6 Å². The van der Waals surface area contributed by atoms with Crippen molar-refractivity contribution in [2.24, 2.45) is 0 Å². The van der Waals surface area contributed by atoms with E-state index in [1.54, 1.807) is 0 Å². The lowest BCUT2D eigenvalue weighted by atomic mass is 10.3. The molecule has 1 unspecified atom stereocenters. The molecule has 1 atom stereocenters. The van der Waals surface area contributed by atoms with Gasteiger partial charge < -0.3 is 0 Å². The molecule has 0 saturated heterocycles. The second-order valence-corrected chi connectivity index (χ2v) is 2.81. The van der Waals surface area contributed by atoms with Gasteiger partial charge in [0, 0.05) is 18.2 Å². The predicted molar refractivity (Wildman–Crippen MR) is 28.4 cm³/mol. The van der Waals surface area contributed by atoms with Crippen molar-refractivity contribution < 1.29 is 8.78 Å². The number of hydrogen-bond acceptors (Lipinski definition) is 0. The molecule has 0 aromatic heterocycles. The van der Waals surface area contributed by atoms with Gasteiger partial charge in [-0.1, -0.05) is 0 Å². The molecule has 48 valence electrons. The molecule has 0 bridgehead atoms. The van der Waals surface area contributed by atoms with Gasteiger partial charge in [0.2, 0.25) is 5.92 Å². The Morgan fingerprint density at radius 3 is 2.25 bits per heavy atom. The third-order valence-electron chi connectivity index (χ3n) is 1.34. The van der Waals surface area contributed by atoms with Gasteiger partial charge in [-0.2, -0.15) is 0 Å². The minimum atomic E-state index is -2.47. The molecule has 0 N–H and O–H groups in total. The normalized spacial score (nSPS) is 35.6. The van der Waals surface area contributed by atoms with Crippen molar-refractivity contribution in [1.82, 2.24) is 0 Å². The van der Waals surface area contributed by atoms with E-state index >= 15 is 0 Å². The SMILES string of the molecule is FC1(F)CCC(Cl)C1. The van der Waals surface area contributed by atoms with Crippen molar-refractivity contribution in [2.75, 3.05) is 0 Å². The van der Waals surface area contributed by atoms with Gasteiger partial charge in [-0.05, 0) is 6.42 Å². The maximum absolute atomic E-state index is 12.1. The molecule has 0 aromatic rings. The summed E-state index contributed by atoms with van der Waals surface area (Å²) in [5.74, 6) is -2.47. The average molecular weight is 141 g/mol. The van der Waals surface area contributed by atoms with E-state index < -0.39 is 5.92 Å². The highest BCUT2D eigenvalue weighted by molar-refractivity contribution is 6.20. The number of alkyl halides is 3. The van der Waals surface area contributed by atoms with Crippen LogP contribution in [0.4, 0.5) is 8.78 Å². The Hall–Kier alpha value is 0.150. The van der Waals surface area contributed by atoms with Crippen LogP contribution in [0.3, 0.4) is 0 Å². The van der Waals surface area contributed by atoms with Crippen molar-refractivity contribution >= 4 is 11.6 Å². The van der Waals surface area contributed by atoms with Gasteiger partial charge in [-0.3, -0.25) is 0 Å². The summed E-state index contributed by atoms with van der Waals surface area (Å²) in [6.45, 7) is 0. The van der Waals surface area contributed by atoms with E-state index in [1.165, 1.54) is 0 Å². The van der Waals surface area contributed by atoms with E-state index in [1.807, 2.05) is 0 Å². The van der Waals surface area contributed by atoms with Crippen molar-refractivity contribution in [2.45, 2.75) is 30.6 Å². The van der Waals surface area contributed by atoms with E-state index in [0.717, 1.165) is 0 Å². The first kappa shape index (κ1) is 6.27. The fourth-order valence-corrected chi connectivity index (χ4v) is 1.23. The Kier molecular flexibility index (Phi) is 1.44. The van der Waals surface area contributed by atoms with Gasteiger partial charge in [0.15, 0.2) is 0 Å². The lowest BCUT2D eigenvalue weighted by Crippen LogP contribution is -2.09. The zero-order valence-electron chi connectivity index (χ0n) is 4.33. The van der Waals surface area contributed by atoms with E-state index in [0.29, 0.717) is 6.42 Å². The highest BCUT2D eigenvalue weighted by atomic mass is 35.5. The van der Waals surface area contributed by atoms with Crippen LogP contribution in [0.25, 0.3) is 0 Å². The Labute approximate surface area is 51.8 Å². The molecule has 0 aromatic carbocycles. The van der Waals surface area contributed by atoms with Crippen molar-refractivity contribution in [3.63, 3.8) is 0 Å². The summed E-state index contributed by atoms with van der Waals surface area (Å²) in [6.07, 6.45) is 0.310. The van der Waals surface area contributed by atoms with E-state index in [4.69, 9.17) is 11.6 Å². The van der Waals surface area contributed by atoms with Gasteiger partial charge in [0.05, 0.1) is 0 Å². The second kappa shape index (κ2) is 1.83. The molecule has 0 radical (unpaired) electrons. The zero-order chi connectivity index (χ0) is 6.20. The lowest BCUT2D eigenvalue weighted by Gasteiger charge is -2.04. The topological polar surface area (TPSA) is 0 Å². The Morgan fingerprint density at radius 2 is 2.12 bits per heavy atom. The fraction of sp³-hybridized carbons (Fsp3) is 1.00. The smallest absolute Gasteiger partial charge is 0.207 e. The molecular weight excluding hydrogens is 134 g/mol. The molecule has 1 aliphatic rings. The van der Waals surface area contributed by atoms with Gasteiger partial charge >= 0.3 is 0 Å². The lowest BCUT2D eigenvalue weighted by molar-refractivity contribution is 0.00964. The summed E-state index contributed by atoms with van der Waals surface area (Å²) >= 11 is 5.42. The van der Waals surface area contributed by atoms with Crippen LogP contribution in [0.5, 0.6) is 0 Å². The van der Waals surface area contributed by atoms with Crippen LogP contribution in [-0.2, 0) is 0 Å².